The summed E-state index contributed by atoms with van der Waals surface area (Å²) in [4.78, 5) is 10.8. The van der Waals surface area contributed by atoms with Gasteiger partial charge in [-0.25, -0.2) is 0 Å². The quantitative estimate of drug-likeness (QED) is 0.664. The molecule has 1 aromatic rings. The van der Waals surface area contributed by atoms with Gasteiger partial charge in [0, 0.05) is 6.42 Å². The van der Waals surface area contributed by atoms with Gasteiger partial charge in [-0.15, -0.1) is 0 Å². The van der Waals surface area contributed by atoms with Gasteiger partial charge < -0.3 is 4.74 Å². The van der Waals surface area contributed by atoms with Crippen molar-refractivity contribution in [3.05, 3.63) is 35.4 Å². The third-order valence-electron chi connectivity index (χ3n) is 1.81. The zero-order valence-electron chi connectivity index (χ0n) is 8.04. The van der Waals surface area contributed by atoms with E-state index in [1.165, 1.54) is 5.56 Å². The molecule has 0 atom stereocenters. The smallest absolute Gasteiger partial charge is 0.305 e. The predicted molar refractivity (Wildman–Crippen MR) is 51.3 cm³/mol. The van der Waals surface area contributed by atoms with Gasteiger partial charge in [0.1, 0.15) is 6.61 Å². The molecule has 0 spiro atoms. The number of hydrogen-bond acceptors (Lipinski definition) is 2. The Balaban J connectivity index is 2.46. The second-order valence-corrected chi connectivity index (χ2v) is 3.00. The summed E-state index contributed by atoms with van der Waals surface area (Å²) in [5.41, 5.74) is 2.25. The number of hydrogen-bond donors (Lipinski definition) is 0. The van der Waals surface area contributed by atoms with Crippen molar-refractivity contribution in [1.82, 2.24) is 0 Å². The topological polar surface area (TPSA) is 26.3 Å². The van der Waals surface area contributed by atoms with Crippen LogP contribution in [0.3, 0.4) is 0 Å². The molecule has 1 aromatic carbocycles. The Morgan fingerprint density at radius 1 is 1.31 bits per heavy atom. The molecule has 70 valence electrons. The molecule has 0 aromatic heterocycles. The Morgan fingerprint density at radius 2 is 1.92 bits per heavy atom. The van der Waals surface area contributed by atoms with Crippen LogP contribution in [0.25, 0.3) is 0 Å². The van der Waals surface area contributed by atoms with E-state index in [4.69, 9.17) is 4.74 Å². The van der Waals surface area contributed by atoms with Crippen LogP contribution in [0.15, 0.2) is 24.3 Å². The summed E-state index contributed by atoms with van der Waals surface area (Å²) in [6, 6.07) is 7.96. The Bertz CT molecular complexity index is 275. The van der Waals surface area contributed by atoms with Crippen LogP contribution in [0.2, 0.25) is 0 Å². The first-order valence-electron chi connectivity index (χ1n) is 4.43. The van der Waals surface area contributed by atoms with E-state index in [0.29, 0.717) is 13.0 Å². The summed E-state index contributed by atoms with van der Waals surface area (Å²) in [6.45, 7) is 4.20. The number of ether oxygens (including phenoxy) is 1. The standard InChI is InChI=1S/C11H14O2/c1-3-11(12)13-8-10-6-4-9(2)5-7-10/h4-7H,3,8H2,1-2H3. The average molecular weight is 178 g/mol. The molecule has 13 heavy (non-hydrogen) atoms. The lowest BCUT2D eigenvalue weighted by Crippen LogP contribution is -2.02. The van der Waals surface area contributed by atoms with Crippen LogP contribution in [0.5, 0.6) is 0 Å². The lowest BCUT2D eigenvalue weighted by Gasteiger charge is -2.03. The van der Waals surface area contributed by atoms with Gasteiger partial charge in [0.2, 0.25) is 0 Å². The van der Waals surface area contributed by atoms with Crippen molar-refractivity contribution in [1.29, 1.82) is 0 Å². The van der Waals surface area contributed by atoms with E-state index in [-0.39, 0.29) is 5.97 Å². The van der Waals surface area contributed by atoms with Crippen molar-refractivity contribution in [2.45, 2.75) is 26.9 Å². The fraction of sp³-hybridized carbons (Fsp3) is 0.364. The summed E-state index contributed by atoms with van der Waals surface area (Å²) in [6.07, 6.45) is 0.436. The maximum absolute atomic E-state index is 10.8. The third-order valence-corrected chi connectivity index (χ3v) is 1.81. The number of aryl methyl sites for hydroxylation is 1. The molecule has 0 bridgehead atoms. The van der Waals surface area contributed by atoms with Crippen LogP contribution in [-0.4, -0.2) is 5.97 Å². The van der Waals surface area contributed by atoms with Crippen molar-refractivity contribution in [3.8, 4) is 0 Å². The normalized spacial score (nSPS) is 9.69. The number of rotatable bonds is 3. The summed E-state index contributed by atoms with van der Waals surface area (Å²) < 4.78 is 4.98. The highest BCUT2D eigenvalue weighted by Gasteiger charge is 1.98. The van der Waals surface area contributed by atoms with E-state index in [1.807, 2.05) is 31.2 Å². The van der Waals surface area contributed by atoms with Crippen molar-refractivity contribution in [3.63, 3.8) is 0 Å². The molecule has 0 aliphatic rings. The molecule has 0 aliphatic heterocycles. The Morgan fingerprint density at radius 3 is 2.46 bits per heavy atom. The molecule has 2 nitrogen and oxygen atoms in total. The minimum Gasteiger partial charge on any atom is -0.461 e. The molecule has 0 N–H and O–H groups in total. The minimum atomic E-state index is -0.152. The molecular formula is C11H14O2. The van der Waals surface area contributed by atoms with Crippen LogP contribution in [-0.2, 0) is 16.1 Å². The summed E-state index contributed by atoms with van der Waals surface area (Å²) >= 11 is 0. The fourth-order valence-electron chi connectivity index (χ4n) is 0.950. The largest absolute Gasteiger partial charge is 0.461 e. The predicted octanol–water partition coefficient (Wildman–Crippen LogP) is 2.45. The highest BCUT2D eigenvalue weighted by molar-refractivity contribution is 5.68. The third kappa shape index (κ3) is 3.28. The van der Waals surface area contributed by atoms with Crippen molar-refractivity contribution >= 4 is 5.97 Å². The highest BCUT2D eigenvalue weighted by atomic mass is 16.5. The molecule has 0 unspecified atom stereocenters. The number of carbonyl (C=O) groups excluding carboxylic acids is 1. The Labute approximate surface area is 78.5 Å². The molecule has 0 fully saturated rings. The molecule has 0 saturated carbocycles. The van der Waals surface area contributed by atoms with Crippen molar-refractivity contribution in [2.24, 2.45) is 0 Å². The summed E-state index contributed by atoms with van der Waals surface area (Å²) in [5, 5.41) is 0. The van der Waals surface area contributed by atoms with Gasteiger partial charge in [-0.1, -0.05) is 36.8 Å². The maximum atomic E-state index is 10.8. The Kier molecular flexibility index (Phi) is 3.50. The molecule has 0 saturated heterocycles. The van der Waals surface area contributed by atoms with Crippen LogP contribution in [0.1, 0.15) is 24.5 Å². The number of carbonyl (C=O) groups is 1. The second-order valence-electron chi connectivity index (χ2n) is 3.00. The van der Waals surface area contributed by atoms with Crippen LogP contribution in [0, 0.1) is 6.92 Å². The van der Waals surface area contributed by atoms with Crippen LogP contribution >= 0.6 is 0 Å². The van der Waals surface area contributed by atoms with E-state index >= 15 is 0 Å². The Hall–Kier alpha value is -1.31. The van der Waals surface area contributed by atoms with E-state index in [1.54, 1.807) is 6.92 Å². The molecule has 0 heterocycles. The molecule has 2 heteroatoms. The van der Waals surface area contributed by atoms with Crippen molar-refractivity contribution < 1.29 is 9.53 Å². The summed E-state index contributed by atoms with van der Waals surface area (Å²) in [7, 11) is 0. The SMILES string of the molecule is CCC(=O)OCc1ccc(C)cc1. The zero-order valence-corrected chi connectivity index (χ0v) is 8.04. The first-order valence-corrected chi connectivity index (χ1v) is 4.43. The van der Waals surface area contributed by atoms with E-state index in [0.717, 1.165) is 5.56 Å². The molecule has 0 radical (unpaired) electrons. The first kappa shape index (κ1) is 9.78. The zero-order chi connectivity index (χ0) is 9.68. The van der Waals surface area contributed by atoms with Gasteiger partial charge in [0.25, 0.3) is 0 Å². The van der Waals surface area contributed by atoms with Gasteiger partial charge in [0.15, 0.2) is 0 Å². The second kappa shape index (κ2) is 4.65. The van der Waals surface area contributed by atoms with Gasteiger partial charge >= 0.3 is 5.97 Å². The summed E-state index contributed by atoms with van der Waals surface area (Å²) in [5.74, 6) is -0.152. The first-order chi connectivity index (χ1) is 6.22. The van der Waals surface area contributed by atoms with Crippen LogP contribution in [0.4, 0.5) is 0 Å². The van der Waals surface area contributed by atoms with E-state index < -0.39 is 0 Å². The van der Waals surface area contributed by atoms with Crippen molar-refractivity contribution in [2.75, 3.05) is 0 Å². The number of esters is 1. The minimum absolute atomic E-state index is 0.152. The monoisotopic (exact) mass is 178 g/mol. The van der Waals surface area contributed by atoms with Gasteiger partial charge in [-0.2, -0.15) is 0 Å². The number of benzene rings is 1. The fourth-order valence-corrected chi connectivity index (χ4v) is 0.950. The van der Waals surface area contributed by atoms with Gasteiger partial charge in [0.05, 0.1) is 0 Å². The van der Waals surface area contributed by atoms with E-state index in [2.05, 4.69) is 0 Å². The molecule has 1 rings (SSSR count). The van der Waals surface area contributed by atoms with Crippen LogP contribution < -0.4 is 0 Å². The molecule has 0 aliphatic carbocycles. The molecule has 0 amide bonds. The van der Waals surface area contributed by atoms with Gasteiger partial charge in [-0.3, -0.25) is 4.79 Å². The lowest BCUT2D eigenvalue weighted by atomic mass is 10.2. The molecular weight excluding hydrogens is 164 g/mol. The lowest BCUT2D eigenvalue weighted by molar-refractivity contribution is -0.144. The van der Waals surface area contributed by atoms with Gasteiger partial charge in [-0.05, 0) is 12.5 Å². The average Bonchev–Trinajstić information content (AvgIpc) is 2.16. The van der Waals surface area contributed by atoms with E-state index in [9.17, 15) is 4.79 Å². The highest BCUT2D eigenvalue weighted by Crippen LogP contribution is 2.04. The maximum Gasteiger partial charge on any atom is 0.305 e.